The Bertz CT molecular complexity index is 888. The van der Waals surface area contributed by atoms with Crippen molar-refractivity contribution in [3.05, 3.63) is 54.1 Å². The van der Waals surface area contributed by atoms with Gasteiger partial charge in [-0.15, -0.1) is 11.8 Å². The molecule has 1 fully saturated rings. The molecule has 0 bridgehead atoms. The monoisotopic (exact) mass is 411 g/mol. The number of carbonyl (C=O) groups is 2. The third kappa shape index (κ3) is 5.32. The van der Waals surface area contributed by atoms with Gasteiger partial charge in [-0.3, -0.25) is 14.5 Å². The van der Waals surface area contributed by atoms with Crippen molar-refractivity contribution in [2.45, 2.75) is 32.6 Å². The van der Waals surface area contributed by atoms with Crippen LogP contribution in [0.25, 0.3) is 0 Å². The molecule has 29 heavy (non-hydrogen) atoms. The van der Waals surface area contributed by atoms with Gasteiger partial charge in [-0.2, -0.15) is 0 Å². The lowest BCUT2D eigenvalue weighted by Gasteiger charge is -2.25. The lowest BCUT2D eigenvalue weighted by molar-refractivity contribution is -0.118. The van der Waals surface area contributed by atoms with Crippen molar-refractivity contribution in [2.75, 3.05) is 35.0 Å². The molecule has 0 saturated carbocycles. The van der Waals surface area contributed by atoms with Gasteiger partial charge in [0.25, 0.3) is 0 Å². The lowest BCUT2D eigenvalue weighted by Crippen LogP contribution is -2.28. The zero-order valence-corrected chi connectivity index (χ0v) is 18.5. The van der Waals surface area contributed by atoms with Crippen molar-refractivity contribution in [1.29, 1.82) is 0 Å². The summed E-state index contributed by atoms with van der Waals surface area (Å²) in [4.78, 5) is 28.8. The van der Waals surface area contributed by atoms with Crippen LogP contribution >= 0.6 is 11.8 Å². The number of thioether (sulfide) groups is 1. The van der Waals surface area contributed by atoms with E-state index in [1.54, 1.807) is 11.8 Å². The Balaban J connectivity index is 1.81. The first-order valence-electron chi connectivity index (χ1n) is 9.75. The number of hydrogen-bond acceptors (Lipinski definition) is 4. The van der Waals surface area contributed by atoms with E-state index < -0.39 is 0 Å². The number of carbonyl (C=O) groups excluding carboxylic acids is 2. The molecule has 1 N–H and O–H groups in total. The van der Waals surface area contributed by atoms with Gasteiger partial charge < -0.3 is 10.2 Å². The minimum Gasteiger partial charge on any atom is -0.378 e. The molecule has 2 amide bonds. The molecule has 6 heteroatoms. The second-order valence-corrected chi connectivity index (χ2v) is 9.82. The fourth-order valence-corrected chi connectivity index (χ4v) is 4.48. The van der Waals surface area contributed by atoms with Crippen LogP contribution in [0.1, 0.15) is 38.1 Å². The first-order valence-corrected chi connectivity index (χ1v) is 10.8. The van der Waals surface area contributed by atoms with E-state index in [9.17, 15) is 9.59 Å². The molecule has 5 nitrogen and oxygen atoms in total. The molecule has 1 aliphatic rings. The Hall–Kier alpha value is -2.47. The first kappa shape index (κ1) is 21.2. The largest absolute Gasteiger partial charge is 0.378 e. The van der Waals surface area contributed by atoms with Crippen LogP contribution in [-0.2, 0) is 9.59 Å². The predicted octanol–water partition coefficient (Wildman–Crippen LogP) is 4.91. The molecule has 0 aliphatic carbocycles. The van der Waals surface area contributed by atoms with Crippen LogP contribution in [0.4, 0.5) is 17.1 Å². The van der Waals surface area contributed by atoms with Crippen molar-refractivity contribution in [1.82, 2.24) is 0 Å². The topological polar surface area (TPSA) is 52.6 Å². The Morgan fingerprint density at radius 2 is 1.86 bits per heavy atom. The summed E-state index contributed by atoms with van der Waals surface area (Å²) in [5.74, 6) is 0.543. The molecule has 1 saturated heterocycles. The quantitative estimate of drug-likeness (QED) is 0.760. The highest BCUT2D eigenvalue weighted by atomic mass is 32.2. The van der Waals surface area contributed by atoms with E-state index >= 15 is 0 Å². The molecule has 2 aromatic rings. The van der Waals surface area contributed by atoms with E-state index in [0.29, 0.717) is 12.2 Å². The van der Waals surface area contributed by atoms with E-state index in [1.165, 1.54) is 0 Å². The summed E-state index contributed by atoms with van der Waals surface area (Å²) in [7, 11) is 3.99. The molecule has 0 radical (unpaired) electrons. The summed E-state index contributed by atoms with van der Waals surface area (Å²) in [6.07, 6.45) is 0.457. The van der Waals surface area contributed by atoms with Gasteiger partial charge in [0, 0.05) is 37.6 Å². The van der Waals surface area contributed by atoms with Crippen molar-refractivity contribution in [2.24, 2.45) is 5.41 Å². The van der Waals surface area contributed by atoms with Crippen LogP contribution in [0, 0.1) is 5.41 Å². The third-order valence-corrected chi connectivity index (χ3v) is 5.87. The fraction of sp³-hybridized carbons (Fsp3) is 0.391. The Morgan fingerprint density at radius 1 is 1.17 bits per heavy atom. The first-order chi connectivity index (χ1) is 13.6. The number of benzene rings is 2. The zero-order chi connectivity index (χ0) is 21.2. The molecular weight excluding hydrogens is 382 g/mol. The summed E-state index contributed by atoms with van der Waals surface area (Å²) in [5, 5.41) is 2.89. The van der Waals surface area contributed by atoms with Crippen LogP contribution < -0.4 is 15.1 Å². The molecular formula is C23H29N3O2S. The van der Waals surface area contributed by atoms with E-state index in [2.05, 4.69) is 5.32 Å². The molecule has 1 heterocycles. The van der Waals surface area contributed by atoms with Gasteiger partial charge in [-0.05, 0) is 47.4 Å². The number of anilines is 3. The minimum absolute atomic E-state index is 0.000863. The van der Waals surface area contributed by atoms with E-state index in [1.807, 2.05) is 93.2 Å². The molecule has 0 spiro atoms. The zero-order valence-electron chi connectivity index (χ0n) is 17.7. The number of nitrogens with one attached hydrogen (secondary N) is 1. The lowest BCUT2D eigenvalue weighted by atomic mass is 9.92. The Morgan fingerprint density at radius 3 is 2.48 bits per heavy atom. The Kier molecular flexibility index (Phi) is 6.22. The van der Waals surface area contributed by atoms with Crippen molar-refractivity contribution >= 4 is 40.6 Å². The Labute approximate surface area is 177 Å². The van der Waals surface area contributed by atoms with Gasteiger partial charge >= 0.3 is 0 Å². The third-order valence-electron chi connectivity index (χ3n) is 4.66. The summed E-state index contributed by atoms with van der Waals surface area (Å²) in [5.41, 5.74) is 3.68. The molecule has 2 aromatic carbocycles. The number of hydrogen-bond donors (Lipinski definition) is 1. The number of rotatable bonds is 5. The second-order valence-electron chi connectivity index (χ2n) is 8.75. The highest BCUT2D eigenvalue weighted by molar-refractivity contribution is 8.00. The van der Waals surface area contributed by atoms with E-state index in [0.717, 1.165) is 22.6 Å². The average molecular weight is 412 g/mol. The van der Waals surface area contributed by atoms with Crippen molar-refractivity contribution < 1.29 is 9.59 Å². The van der Waals surface area contributed by atoms with Gasteiger partial charge in [0.2, 0.25) is 11.8 Å². The van der Waals surface area contributed by atoms with Crippen LogP contribution in [0.5, 0.6) is 0 Å². The summed E-state index contributed by atoms with van der Waals surface area (Å²) < 4.78 is 0. The fourth-order valence-electron chi connectivity index (χ4n) is 3.32. The normalized spacial score (nSPS) is 16.8. The molecule has 3 rings (SSSR count). The van der Waals surface area contributed by atoms with Gasteiger partial charge in [0.15, 0.2) is 0 Å². The van der Waals surface area contributed by atoms with Crippen LogP contribution in [-0.4, -0.2) is 31.7 Å². The average Bonchev–Trinajstić information content (AvgIpc) is 3.02. The maximum atomic E-state index is 12.6. The molecule has 1 atom stereocenters. The molecule has 154 valence electrons. The molecule has 1 aliphatic heterocycles. The second kappa shape index (κ2) is 8.49. The minimum atomic E-state index is -0.104. The summed E-state index contributed by atoms with van der Waals surface area (Å²) in [6, 6.07) is 15.8. The number of nitrogens with zero attached hydrogens (tertiary/aromatic N) is 2. The smallest absolute Gasteiger partial charge is 0.238 e. The highest BCUT2D eigenvalue weighted by Crippen LogP contribution is 2.42. The van der Waals surface area contributed by atoms with Crippen molar-refractivity contribution in [3.8, 4) is 0 Å². The summed E-state index contributed by atoms with van der Waals surface area (Å²) in [6.45, 7) is 6.13. The van der Waals surface area contributed by atoms with E-state index in [-0.39, 0.29) is 22.6 Å². The SMILES string of the molecule is CN(C)c1ccc(N2C(=O)CSC2c2cccc(NC(=O)CC(C)(C)C)c2)cc1. The van der Waals surface area contributed by atoms with E-state index in [4.69, 9.17) is 0 Å². The maximum Gasteiger partial charge on any atom is 0.238 e. The van der Waals surface area contributed by atoms with Gasteiger partial charge in [0.05, 0.1) is 5.75 Å². The summed E-state index contributed by atoms with van der Waals surface area (Å²) >= 11 is 1.61. The maximum absolute atomic E-state index is 12.6. The molecule has 0 aromatic heterocycles. The van der Waals surface area contributed by atoms with Crippen LogP contribution in [0.2, 0.25) is 0 Å². The molecule has 1 unspecified atom stereocenters. The van der Waals surface area contributed by atoms with Gasteiger partial charge in [-0.1, -0.05) is 32.9 Å². The predicted molar refractivity (Wildman–Crippen MR) is 123 cm³/mol. The van der Waals surface area contributed by atoms with Gasteiger partial charge in [-0.25, -0.2) is 0 Å². The van der Waals surface area contributed by atoms with Gasteiger partial charge in [0.1, 0.15) is 5.37 Å². The van der Waals surface area contributed by atoms with Crippen LogP contribution in [0.15, 0.2) is 48.5 Å². The number of amides is 2. The van der Waals surface area contributed by atoms with Crippen molar-refractivity contribution in [3.63, 3.8) is 0 Å². The standard InChI is InChI=1S/C23H29N3O2S/c1-23(2,3)14-20(27)24-17-8-6-7-16(13-17)22-26(21(28)15-29-22)19-11-9-18(10-12-19)25(4)5/h6-13,22H,14-15H2,1-5H3,(H,24,27). The highest BCUT2D eigenvalue weighted by Gasteiger charge is 2.34. The van der Waals surface area contributed by atoms with Crippen LogP contribution in [0.3, 0.4) is 0 Å².